The molecule has 2 aromatic carbocycles. The molecule has 2 aromatic rings. The fourth-order valence-electron chi connectivity index (χ4n) is 2.55. The first kappa shape index (κ1) is 10.4. The van der Waals surface area contributed by atoms with Gasteiger partial charge in [0.05, 0.1) is 6.61 Å². The molecule has 0 fully saturated rings. The highest BCUT2D eigenvalue weighted by Crippen LogP contribution is 2.38. The van der Waals surface area contributed by atoms with Crippen molar-refractivity contribution in [3.63, 3.8) is 0 Å². The summed E-state index contributed by atoms with van der Waals surface area (Å²) in [6.07, 6.45) is 1.07. The van der Waals surface area contributed by atoms with Crippen LogP contribution in [-0.2, 0) is 0 Å². The number of hydrogen-bond acceptors (Lipinski definition) is 1. The van der Waals surface area contributed by atoms with Crippen LogP contribution in [0, 0.1) is 6.92 Å². The Labute approximate surface area is 102 Å². The molecule has 0 unspecified atom stereocenters. The molecule has 3 rings (SSSR count). The van der Waals surface area contributed by atoms with Gasteiger partial charge in [-0.05, 0) is 25.0 Å². The molecule has 1 heterocycles. The number of hydrogen-bond donors (Lipinski definition) is 0. The maximum Gasteiger partial charge on any atom is 0.123 e. The lowest BCUT2D eigenvalue weighted by atomic mass is 9.86. The summed E-state index contributed by atoms with van der Waals surface area (Å²) in [5.41, 5.74) is 4.03. The van der Waals surface area contributed by atoms with E-state index < -0.39 is 0 Å². The highest BCUT2D eigenvalue weighted by molar-refractivity contribution is 5.45. The molecule has 1 aliphatic rings. The second-order valence-electron chi connectivity index (χ2n) is 4.64. The van der Waals surface area contributed by atoms with E-state index in [1.165, 1.54) is 16.7 Å². The molecule has 0 aromatic heterocycles. The number of aryl methyl sites for hydroxylation is 1. The fourth-order valence-corrected chi connectivity index (χ4v) is 2.55. The van der Waals surface area contributed by atoms with Gasteiger partial charge >= 0.3 is 0 Å². The van der Waals surface area contributed by atoms with Crippen LogP contribution < -0.4 is 4.74 Å². The van der Waals surface area contributed by atoms with Gasteiger partial charge in [0.15, 0.2) is 0 Å². The van der Waals surface area contributed by atoms with Gasteiger partial charge < -0.3 is 4.74 Å². The van der Waals surface area contributed by atoms with Gasteiger partial charge in [0.1, 0.15) is 5.75 Å². The molecular formula is C16H16O. The predicted molar refractivity (Wildman–Crippen MR) is 69.6 cm³/mol. The predicted octanol–water partition coefficient (Wildman–Crippen LogP) is 3.91. The van der Waals surface area contributed by atoms with E-state index in [0.29, 0.717) is 5.92 Å². The zero-order chi connectivity index (χ0) is 11.7. The first-order valence-corrected chi connectivity index (χ1v) is 6.13. The van der Waals surface area contributed by atoms with E-state index in [1.54, 1.807) is 0 Å². The summed E-state index contributed by atoms with van der Waals surface area (Å²) < 4.78 is 5.73. The van der Waals surface area contributed by atoms with Crippen LogP contribution in [0.25, 0.3) is 0 Å². The summed E-state index contributed by atoms with van der Waals surface area (Å²) in [4.78, 5) is 0. The van der Waals surface area contributed by atoms with Crippen molar-refractivity contribution in [3.8, 4) is 5.75 Å². The van der Waals surface area contributed by atoms with Crippen LogP contribution >= 0.6 is 0 Å². The lowest BCUT2D eigenvalue weighted by molar-refractivity contribution is 0.277. The third-order valence-electron chi connectivity index (χ3n) is 3.41. The van der Waals surface area contributed by atoms with Crippen molar-refractivity contribution < 1.29 is 4.74 Å². The summed E-state index contributed by atoms with van der Waals surface area (Å²) in [6.45, 7) is 2.95. The van der Waals surface area contributed by atoms with Gasteiger partial charge in [-0.25, -0.2) is 0 Å². The maximum atomic E-state index is 5.73. The number of fused-ring (bicyclic) bond motifs is 1. The van der Waals surface area contributed by atoms with E-state index in [4.69, 9.17) is 4.74 Å². The van der Waals surface area contributed by atoms with Crippen molar-refractivity contribution in [2.75, 3.05) is 6.61 Å². The Kier molecular flexibility index (Phi) is 2.60. The minimum atomic E-state index is 0.486. The lowest BCUT2D eigenvalue weighted by Crippen LogP contribution is -2.15. The van der Waals surface area contributed by atoms with Crippen molar-refractivity contribution in [3.05, 3.63) is 65.2 Å². The zero-order valence-corrected chi connectivity index (χ0v) is 10.0. The third-order valence-corrected chi connectivity index (χ3v) is 3.41. The highest BCUT2D eigenvalue weighted by atomic mass is 16.5. The van der Waals surface area contributed by atoms with E-state index in [1.807, 2.05) is 0 Å². The fraction of sp³-hybridized carbons (Fsp3) is 0.250. The van der Waals surface area contributed by atoms with E-state index in [2.05, 4.69) is 55.5 Å². The smallest absolute Gasteiger partial charge is 0.123 e. The summed E-state index contributed by atoms with van der Waals surface area (Å²) in [7, 11) is 0. The molecule has 0 aliphatic carbocycles. The topological polar surface area (TPSA) is 9.23 Å². The Morgan fingerprint density at radius 2 is 1.88 bits per heavy atom. The highest BCUT2D eigenvalue weighted by Gasteiger charge is 2.22. The molecule has 1 aliphatic heterocycles. The largest absolute Gasteiger partial charge is 0.493 e. The molecule has 0 spiro atoms. The second kappa shape index (κ2) is 4.25. The summed E-state index contributed by atoms with van der Waals surface area (Å²) >= 11 is 0. The van der Waals surface area contributed by atoms with Crippen LogP contribution in [0.3, 0.4) is 0 Å². The van der Waals surface area contributed by atoms with Gasteiger partial charge in [0.2, 0.25) is 0 Å². The van der Waals surface area contributed by atoms with Crippen molar-refractivity contribution >= 4 is 0 Å². The Balaban J connectivity index is 2.08. The maximum absolute atomic E-state index is 5.73. The van der Waals surface area contributed by atoms with Gasteiger partial charge in [-0.2, -0.15) is 0 Å². The van der Waals surface area contributed by atoms with Crippen LogP contribution in [0.15, 0.2) is 48.5 Å². The molecule has 0 amide bonds. The molecule has 0 radical (unpaired) electrons. The average molecular weight is 224 g/mol. The van der Waals surface area contributed by atoms with Crippen LogP contribution in [0.2, 0.25) is 0 Å². The molecular weight excluding hydrogens is 208 g/mol. The van der Waals surface area contributed by atoms with Crippen molar-refractivity contribution in [2.24, 2.45) is 0 Å². The molecule has 17 heavy (non-hydrogen) atoms. The van der Waals surface area contributed by atoms with E-state index >= 15 is 0 Å². The SMILES string of the molecule is Cc1ccc2c(c1)[C@@H](c1ccccc1)CCO2. The van der Waals surface area contributed by atoms with Crippen LogP contribution in [0.4, 0.5) is 0 Å². The van der Waals surface area contributed by atoms with Gasteiger partial charge in [-0.3, -0.25) is 0 Å². The van der Waals surface area contributed by atoms with Crippen molar-refractivity contribution in [1.29, 1.82) is 0 Å². The Morgan fingerprint density at radius 1 is 1.06 bits per heavy atom. The standard InChI is InChI=1S/C16H16O/c1-12-7-8-16-15(11-12)14(9-10-17-16)13-5-3-2-4-6-13/h2-8,11,14H,9-10H2,1H3/t14-/m1/s1. The van der Waals surface area contributed by atoms with Gasteiger partial charge in [-0.15, -0.1) is 0 Å². The molecule has 0 saturated heterocycles. The molecule has 86 valence electrons. The number of ether oxygens (including phenoxy) is 1. The first-order valence-electron chi connectivity index (χ1n) is 6.13. The average Bonchev–Trinajstić information content (AvgIpc) is 2.39. The summed E-state index contributed by atoms with van der Waals surface area (Å²) in [5.74, 6) is 1.54. The lowest BCUT2D eigenvalue weighted by Gasteiger charge is -2.26. The van der Waals surface area contributed by atoms with Gasteiger partial charge in [0.25, 0.3) is 0 Å². The Morgan fingerprint density at radius 3 is 2.71 bits per heavy atom. The number of benzene rings is 2. The molecule has 1 heteroatoms. The minimum absolute atomic E-state index is 0.486. The van der Waals surface area contributed by atoms with Gasteiger partial charge in [-0.1, -0.05) is 48.0 Å². The van der Waals surface area contributed by atoms with Crippen LogP contribution in [-0.4, -0.2) is 6.61 Å². The van der Waals surface area contributed by atoms with E-state index in [0.717, 1.165) is 18.8 Å². The van der Waals surface area contributed by atoms with Crippen molar-refractivity contribution in [1.82, 2.24) is 0 Å². The summed E-state index contributed by atoms with van der Waals surface area (Å²) in [6, 6.07) is 17.2. The molecule has 0 bridgehead atoms. The minimum Gasteiger partial charge on any atom is -0.493 e. The molecule has 1 atom stereocenters. The summed E-state index contributed by atoms with van der Waals surface area (Å²) in [5, 5.41) is 0. The molecule has 1 nitrogen and oxygen atoms in total. The van der Waals surface area contributed by atoms with Gasteiger partial charge in [0, 0.05) is 11.5 Å². The first-order chi connectivity index (χ1) is 8.34. The van der Waals surface area contributed by atoms with Crippen LogP contribution in [0.1, 0.15) is 29.0 Å². The normalized spacial score (nSPS) is 18.3. The molecule has 0 saturated carbocycles. The second-order valence-corrected chi connectivity index (χ2v) is 4.64. The van der Waals surface area contributed by atoms with Crippen molar-refractivity contribution in [2.45, 2.75) is 19.3 Å². The number of rotatable bonds is 1. The van der Waals surface area contributed by atoms with E-state index in [-0.39, 0.29) is 0 Å². The third kappa shape index (κ3) is 1.93. The Bertz CT molecular complexity index is 516. The Hall–Kier alpha value is -1.76. The monoisotopic (exact) mass is 224 g/mol. The molecule has 0 N–H and O–H groups in total. The van der Waals surface area contributed by atoms with Crippen LogP contribution in [0.5, 0.6) is 5.75 Å². The quantitative estimate of drug-likeness (QED) is 0.713. The van der Waals surface area contributed by atoms with E-state index in [9.17, 15) is 0 Å². The zero-order valence-electron chi connectivity index (χ0n) is 10.0.